The third kappa shape index (κ3) is 7.20. The molecule has 2 saturated heterocycles. The first-order valence-corrected chi connectivity index (χ1v) is 15.8. The van der Waals surface area contributed by atoms with E-state index in [1.807, 2.05) is 88.4 Å². The molecule has 2 aromatic carbocycles. The molecule has 244 valence electrons. The molecule has 2 aromatic rings. The number of carboxylic acid groups (broad SMARTS) is 1. The zero-order chi connectivity index (χ0) is 32.4. The van der Waals surface area contributed by atoms with Gasteiger partial charge in [-0.1, -0.05) is 88.4 Å². The predicted octanol–water partition coefficient (Wildman–Crippen LogP) is 5.24. The van der Waals surface area contributed by atoms with Crippen molar-refractivity contribution in [3.63, 3.8) is 0 Å². The van der Waals surface area contributed by atoms with Gasteiger partial charge in [0.15, 0.2) is 12.6 Å². The predicted molar refractivity (Wildman–Crippen MR) is 164 cm³/mol. The molecular formula is C35H50O9. The van der Waals surface area contributed by atoms with Crippen LogP contribution in [0.4, 0.5) is 0 Å². The average molecular weight is 615 g/mol. The summed E-state index contributed by atoms with van der Waals surface area (Å²) in [4.78, 5) is 12.0. The van der Waals surface area contributed by atoms with E-state index in [1.54, 1.807) is 20.8 Å². The molecule has 0 radical (unpaired) electrons. The molecule has 2 aliphatic rings. The lowest BCUT2D eigenvalue weighted by molar-refractivity contribution is -0.328. The second-order valence-corrected chi connectivity index (χ2v) is 13.3. The summed E-state index contributed by atoms with van der Waals surface area (Å²) in [7, 11) is 0. The molecule has 9 nitrogen and oxygen atoms in total. The molecule has 0 saturated carbocycles. The molecular weight excluding hydrogens is 564 g/mol. The molecule has 13 atom stereocenters. The Kier molecular flexibility index (Phi) is 10.9. The summed E-state index contributed by atoms with van der Waals surface area (Å²) in [5.74, 6) is -2.85. The summed E-state index contributed by atoms with van der Waals surface area (Å²) in [6.45, 7) is 12.5. The van der Waals surface area contributed by atoms with E-state index in [2.05, 4.69) is 0 Å². The molecule has 4 N–H and O–H groups in total. The van der Waals surface area contributed by atoms with Crippen molar-refractivity contribution in [2.24, 2.45) is 23.7 Å². The van der Waals surface area contributed by atoms with Crippen LogP contribution in [0.5, 0.6) is 0 Å². The van der Waals surface area contributed by atoms with Crippen molar-refractivity contribution in [2.75, 3.05) is 0 Å². The van der Waals surface area contributed by atoms with Gasteiger partial charge in [-0.05, 0) is 39.5 Å². The van der Waals surface area contributed by atoms with Crippen LogP contribution in [0.1, 0.15) is 85.0 Å². The lowest BCUT2D eigenvalue weighted by Gasteiger charge is -2.51. The monoisotopic (exact) mass is 614 g/mol. The minimum Gasteiger partial charge on any atom is -0.481 e. The van der Waals surface area contributed by atoms with Crippen LogP contribution >= 0.6 is 0 Å². The zero-order valence-electron chi connectivity index (χ0n) is 26.9. The van der Waals surface area contributed by atoms with Gasteiger partial charge in [0, 0.05) is 23.0 Å². The summed E-state index contributed by atoms with van der Waals surface area (Å²) in [6, 6.07) is 18.8. The Morgan fingerprint density at radius 2 is 1.25 bits per heavy atom. The Labute approximate surface area is 261 Å². The number of hydrogen-bond acceptors (Lipinski definition) is 8. The van der Waals surface area contributed by atoms with E-state index >= 15 is 0 Å². The number of carboxylic acids is 1. The van der Waals surface area contributed by atoms with Crippen LogP contribution < -0.4 is 0 Å². The average Bonchev–Trinajstić information content (AvgIpc) is 3.00. The van der Waals surface area contributed by atoms with Crippen molar-refractivity contribution in [1.82, 2.24) is 0 Å². The highest BCUT2D eigenvalue weighted by Gasteiger charge is 2.53. The fourth-order valence-electron chi connectivity index (χ4n) is 7.23. The number of benzene rings is 2. The lowest BCUT2D eigenvalue weighted by atomic mass is 9.73. The SMILES string of the molecule is CC[C@@H](O)[C@@](C)(O)[C@@H]1OC(c2ccccc2)O[C@@H]([C@H](C)C[C@@](C)(O)[C@@H]2OC(c3ccccc3)O[C@H]([C@@H](C)C(=O)O)[C@@H]2C)[C@@H]1C. The largest absolute Gasteiger partial charge is 0.481 e. The summed E-state index contributed by atoms with van der Waals surface area (Å²) >= 11 is 0. The number of aliphatic carboxylic acids is 1. The minimum absolute atomic E-state index is 0.249. The highest BCUT2D eigenvalue weighted by molar-refractivity contribution is 5.70. The molecule has 0 aromatic heterocycles. The maximum Gasteiger partial charge on any atom is 0.308 e. The van der Waals surface area contributed by atoms with E-state index in [1.165, 1.54) is 0 Å². The molecule has 2 fully saturated rings. The Morgan fingerprint density at radius 1 is 0.795 bits per heavy atom. The highest BCUT2D eigenvalue weighted by Crippen LogP contribution is 2.46. The summed E-state index contributed by atoms with van der Waals surface area (Å²) in [6.07, 6.45) is -4.71. The van der Waals surface area contributed by atoms with Gasteiger partial charge in [-0.3, -0.25) is 4.79 Å². The van der Waals surface area contributed by atoms with Crippen molar-refractivity contribution in [2.45, 2.75) is 116 Å². The van der Waals surface area contributed by atoms with E-state index in [9.17, 15) is 25.2 Å². The van der Waals surface area contributed by atoms with Gasteiger partial charge < -0.3 is 39.4 Å². The third-order valence-electron chi connectivity index (χ3n) is 9.67. The van der Waals surface area contributed by atoms with Gasteiger partial charge in [-0.2, -0.15) is 0 Å². The van der Waals surface area contributed by atoms with Gasteiger partial charge in [0.2, 0.25) is 0 Å². The highest BCUT2D eigenvalue weighted by atomic mass is 16.7. The Hall–Kier alpha value is -2.37. The minimum atomic E-state index is -1.55. The number of hydrogen-bond donors (Lipinski definition) is 4. The molecule has 2 heterocycles. The Bertz CT molecular complexity index is 1200. The summed E-state index contributed by atoms with van der Waals surface area (Å²) in [5, 5.41) is 44.3. The number of carbonyl (C=O) groups is 1. The lowest BCUT2D eigenvalue weighted by Crippen LogP contribution is -2.60. The molecule has 4 rings (SSSR count). The Balaban J connectivity index is 1.63. The molecule has 2 aliphatic heterocycles. The molecule has 2 unspecified atom stereocenters. The number of aliphatic hydroxyl groups excluding tert-OH is 1. The molecule has 0 spiro atoms. The Morgan fingerprint density at radius 3 is 1.73 bits per heavy atom. The number of rotatable bonds is 11. The van der Waals surface area contributed by atoms with Crippen molar-refractivity contribution >= 4 is 5.97 Å². The van der Waals surface area contributed by atoms with Crippen LogP contribution in [-0.4, -0.2) is 68.1 Å². The standard InChI is InChI=1S/C35H50O9/c1-8-26(36)35(7,40)30-21(3)27(41-32(44-30)24-15-11-9-12-16-24)20(2)19-34(6,39)29-22(4)28(23(5)31(37)38)42-33(43-29)25-17-13-10-14-18-25/h9-18,20-23,26-30,32-33,36,39-40H,8,19H2,1-7H3,(H,37,38)/t20-,21+,22+,23-,26-,27+,28+,29-,30-,32?,33?,34-,35-/m1/s1. The maximum atomic E-state index is 12.1. The van der Waals surface area contributed by atoms with Crippen molar-refractivity contribution < 1.29 is 44.2 Å². The first kappa shape index (κ1) is 34.5. The van der Waals surface area contributed by atoms with E-state index in [4.69, 9.17) is 18.9 Å². The normalized spacial score (nSPS) is 34.2. The summed E-state index contributed by atoms with van der Waals surface area (Å²) < 4.78 is 25.6. The van der Waals surface area contributed by atoms with Crippen LogP contribution in [0.25, 0.3) is 0 Å². The van der Waals surface area contributed by atoms with Crippen LogP contribution in [0.15, 0.2) is 60.7 Å². The fourth-order valence-corrected chi connectivity index (χ4v) is 7.23. The van der Waals surface area contributed by atoms with Gasteiger partial charge >= 0.3 is 5.97 Å². The fraction of sp³-hybridized carbons (Fsp3) is 0.629. The van der Waals surface area contributed by atoms with E-state index in [-0.39, 0.29) is 18.3 Å². The van der Waals surface area contributed by atoms with Gasteiger partial charge in [0.25, 0.3) is 0 Å². The maximum absolute atomic E-state index is 12.1. The quantitative estimate of drug-likeness (QED) is 0.268. The first-order chi connectivity index (χ1) is 20.7. The van der Waals surface area contributed by atoms with Gasteiger partial charge in [-0.15, -0.1) is 0 Å². The van der Waals surface area contributed by atoms with Crippen molar-refractivity contribution in [3.8, 4) is 0 Å². The van der Waals surface area contributed by atoms with Gasteiger partial charge in [0.05, 0.1) is 42.0 Å². The molecule has 0 aliphatic carbocycles. The molecule has 0 amide bonds. The van der Waals surface area contributed by atoms with Gasteiger partial charge in [0.1, 0.15) is 5.60 Å². The van der Waals surface area contributed by atoms with Crippen LogP contribution in [0, 0.1) is 23.7 Å². The van der Waals surface area contributed by atoms with Crippen LogP contribution in [0.2, 0.25) is 0 Å². The molecule has 0 bridgehead atoms. The number of aliphatic hydroxyl groups is 3. The summed E-state index contributed by atoms with van der Waals surface area (Å²) in [5.41, 5.74) is -1.43. The smallest absolute Gasteiger partial charge is 0.308 e. The molecule has 9 heteroatoms. The van der Waals surface area contributed by atoms with E-state index < -0.39 is 72.1 Å². The second kappa shape index (κ2) is 14.0. The van der Waals surface area contributed by atoms with E-state index in [0.29, 0.717) is 6.42 Å². The molecule has 44 heavy (non-hydrogen) atoms. The third-order valence-corrected chi connectivity index (χ3v) is 9.67. The topological polar surface area (TPSA) is 135 Å². The second-order valence-electron chi connectivity index (χ2n) is 13.3. The van der Waals surface area contributed by atoms with Gasteiger partial charge in [-0.25, -0.2) is 0 Å². The zero-order valence-corrected chi connectivity index (χ0v) is 26.9. The van der Waals surface area contributed by atoms with Crippen molar-refractivity contribution in [1.29, 1.82) is 0 Å². The van der Waals surface area contributed by atoms with E-state index in [0.717, 1.165) is 11.1 Å². The van der Waals surface area contributed by atoms with Crippen LogP contribution in [-0.2, 0) is 23.7 Å². The van der Waals surface area contributed by atoms with Crippen LogP contribution in [0.3, 0.4) is 0 Å². The number of ether oxygens (including phenoxy) is 4. The first-order valence-electron chi connectivity index (χ1n) is 15.8. The van der Waals surface area contributed by atoms with Crippen molar-refractivity contribution in [3.05, 3.63) is 71.8 Å².